The minimum Gasteiger partial charge on any atom is -0.373 e. The highest BCUT2D eigenvalue weighted by Gasteiger charge is 2.31. The fraction of sp³-hybridized carbons (Fsp3) is 0.154. The van der Waals surface area contributed by atoms with Crippen LogP contribution in [0.15, 0.2) is 50.8 Å². The maximum atomic E-state index is 12.8. The molecule has 0 aliphatic heterocycles. The van der Waals surface area contributed by atoms with Crippen molar-refractivity contribution in [3.63, 3.8) is 0 Å². The third kappa shape index (κ3) is 3.67. The Kier molecular flexibility index (Phi) is 4.59. The molecule has 0 saturated carbocycles. The van der Waals surface area contributed by atoms with E-state index < -0.39 is 11.7 Å². The second-order valence-electron chi connectivity index (χ2n) is 3.86. The Hall–Kier alpha value is -1.21. The van der Waals surface area contributed by atoms with Gasteiger partial charge in [-0.3, -0.25) is 0 Å². The Balaban J connectivity index is 2.39. The van der Waals surface area contributed by atoms with E-state index in [0.29, 0.717) is 0 Å². The summed E-state index contributed by atoms with van der Waals surface area (Å²) >= 11 is 4.54. The van der Waals surface area contributed by atoms with Gasteiger partial charge in [0.05, 0.1) is 5.56 Å². The molecule has 2 aromatic rings. The van der Waals surface area contributed by atoms with Crippen molar-refractivity contribution in [2.75, 3.05) is 12.4 Å². The first-order valence-electron chi connectivity index (χ1n) is 5.59. The molecule has 0 amide bonds. The van der Waals surface area contributed by atoms with E-state index in [2.05, 4.69) is 26.2 Å². The van der Waals surface area contributed by atoms with Crippen molar-refractivity contribution in [3.8, 4) is 0 Å². The minimum absolute atomic E-state index is 0.189. The number of benzene rings is 1. The van der Waals surface area contributed by atoms with E-state index in [1.54, 1.807) is 0 Å². The average molecular weight is 363 g/mol. The standard InChI is InChI=1S/C13H10BrF3N2S/c1-18-11-6-8(13(15,16)17)7-12(19-11)20-10-5-3-2-4-9(10)14/h2-7H,1H3,(H,18,19). The van der Waals surface area contributed by atoms with Gasteiger partial charge in [0, 0.05) is 16.4 Å². The summed E-state index contributed by atoms with van der Waals surface area (Å²) in [5, 5.41) is 2.93. The molecular weight excluding hydrogens is 353 g/mol. The van der Waals surface area contributed by atoms with Gasteiger partial charge < -0.3 is 5.32 Å². The van der Waals surface area contributed by atoms with Gasteiger partial charge in [-0.1, -0.05) is 23.9 Å². The first kappa shape index (κ1) is 15.2. The molecule has 0 aliphatic rings. The van der Waals surface area contributed by atoms with Crippen molar-refractivity contribution in [2.45, 2.75) is 16.1 Å². The number of rotatable bonds is 3. The summed E-state index contributed by atoms with van der Waals surface area (Å²) in [5.74, 6) is 0.189. The Morgan fingerprint density at radius 2 is 1.90 bits per heavy atom. The zero-order valence-electron chi connectivity index (χ0n) is 10.3. The van der Waals surface area contributed by atoms with Crippen LogP contribution in [0.3, 0.4) is 0 Å². The van der Waals surface area contributed by atoms with Crippen molar-refractivity contribution in [3.05, 3.63) is 46.4 Å². The fourth-order valence-electron chi connectivity index (χ4n) is 1.49. The predicted molar refractivity (Wildman–Crippen MR) is 77.1 cm³/mol. The molecule has 1 aromatic heterocycles. The summed E-state index contributed by atoms with van der Waals surface area (Å²) < 4.78 is 39.3. The maximum absolute atomic E-state index is 12.8. The molecule has 1 N–H and O–H groups in total. The highest BCUT2D eigenvalue weighted by atomic mass is 79.9. The van der Waals surface area contributed by atoms with E-state index in [1.165, 1.54) is 18.8 Å². The Bertz CT molecular complexity index is 617. The van der Waals surface area contributed by atoms with E-state index in [0.717, 1.165) is 21.5 Å². The zero-order valence-corrected chi connectivity index (χ0v) is 12.7. The molecule has 1 aromatic carbocycles. The number of nitrogens with one attached hydrogen (secondary N) is 1. The van der Waals surface area contributed by atoms with Crippen molar-refractivity contribution in [2.24, 2.45) is 0 Å². The lowest BCUT2D eigenvalue weighted by atomic mass is 10.2. The lowest BCUT2D eigenvalue weighted by molar-refractivity contribution is -0.137. The molecule has 20 heavy (non-hydrogen) atoms. The van der Waals surface area contributed by atoms with Crippen molar-refractivity contribution >= 4 is 33.5 Å². The highest BCUT2D eigenvalue weighted by Crippen LogP contribution is 2.37. The summed E-state index contributed by atoms with van der Waals surface area (Å²) in [6.45, 7) is 0. The van der Waals surface area contributed by atoms with Gasteiger partial charge in [-0.05, 0) is 40.2 Å². The van der Waals surface area contributed by atoms with E-state index >= 15 is 0 Å². The van der Waals surface area contributed by atoms with Crippen LogP contribution < -0.4 is 5.32 Å². The molecule has 0 fully saturated rings. The van der Waals surface area contributed by atoms with Crippen LogP contribution in [0.5, 0.6) is 0 Å². The topological polar surface area (TPSA) is 24.9 Å². The van der Waals surface area contributed by atoms with Gasteiger partial charge >= 0.3 is 6.18 Å². The van der Waals surface area contributed by atoms with Gasteiger partial charge in [-0.15, -0.1) is 0 Å². The maximum Gasteiger partial charge on any atom is 0.416 e. The number of nitrogens with zero attached hydrogens (tertiary/aromatic N) is 1. The monoisotopic (exact) mass is 362 g/mol. The van der Waals surface area contributed by atoms with Crippen molar-refractivity contribution in [1.29, 1.82) is 0 Å². The predicted octanol–water partition coefficient (Wildman–Crippen LogP) is 5.06. The van der Waals surface area contributed by atoms with Gasteiger partial charge in [-0.25, -0.2) is 4.98 Å². The van der Waals surface area contributed by atoms with Gasteiger partial charge in [0.15, 0.2) is 0 Å². The molecule has 106 valence electrons. The average Bonchev–Trinajstić information content (AvgIpc) is 2.40. The summed E-state index contributed by atoms with van der Waals surface area (Å²) in [5.41, 5.74) is -0.716. The lowest BCUT2D eigenvalue weighted by Gasteiger charge is -2.11. The van der Waals surface area contributed by atoms with Crippen LogP contribution in [0.4, 0.5) is 19.0 Å². The Labute approximate surface area is 126 Å². The smallest absolute Gasteiger partial charge is 0.373 e. The zero-order chi connectivity index (χ0) is 14.8. The van der Waals surface area contributed by atoms with Gasteiger partial charge in [-0.2, -0.15) is 13.2 Å². The first-order chi connectivity index (χ1) is 9.40. The van der Waals surface area contributed by atoms with Gasteiger partial charge in [0.25, 0.3) is 0 Å². The normalized spacial score (nSPS) is 11.4. The van der Waals surface area contributed by atoms with E-state index in [9.17, 15) is 13.2 Å². The molecule has 7 heteroatoms. The molecule has 0 bridgehead atoms. The Morgan fingerprint density at radius 3 is 2.50 bits per heavy atom. The van der Waals surface area contributed by atoms with Crippen LogP contribution in [0.1, 0.15) is 5.56 Å². The third-order valence-electron chi connectivity index (χ3n) is 2.44. The van der Waals surface area contributed by atoms with Crippen LogP contribution in [-0.4, -0.2) is 12.0 Å². The molecule has 0 unspecified atom stereocenters. The second kappa shape index (κ2) is 6.05. The molecule has 0 radical (unpaired) electrons. The van der Waals surface area contributed by atoms with Gasteiger partial charge in [0.1, 0.15) is 10.8 Å². The molecule has 0 aliphatic carbocycles. The van der Waals surface area contributed by atoms with Crippen LogP contribution in [0, 0.1) is 0 Å². The van der Waals surface area contributed by atoms with Crippen LogP contribution in [-0.2, 0) is 6.18 Å². The number of alkyl halides is 3. The molecule has 0 saturated heterocycles. The van der Waals surface area contributed by atoms with E-state index in [-0.39, 0.29) is 10.8 Å². The number of halogens is 4. The molecule has 0 atom stereocenters. The number of hydrogen-bond acceptors (Lipinski definition) is 3. The number of anilines is 1. The molecule has 0 spiro atoms. The Morgan fingerprint density at radius 1 is 1.20 bits per heavy atom. The summed E-state index contributed by atoms with van der Waals surface area (Å²) in [4.78, 5) is 4.94. The van der Waals surface area contributed by atoms with Crippen LogP contribution in [0.2, 0.25) is 0 Å². The molecule has 1 heterocycles. The summed E-state index contributed by atoms with van der Waals surface area (Å²) in [6, 6.07) is 9.34. The molecule has 2 rings (SSSR count). The largest absolute Gasteiger partial charge is 0.416 e. The summed E-state index contributed by atoms with van der Waals surface area (Å²) in [7, 11) is 1.54. The number of aromatic nitrogens is 1. The lowest BCUT2D eigenvalue weighted by Crippen LogP contribution is -2.07. The molecule has 2 nitrogen and oxygen atoms in total. The van der Waals surface area contributed by atoms with Crippen molar-refractivity contribution in [1.82, 2.24) is 4.98 Å². The quantitative estimate of drug-likeness (QED) is 0.826. The number of pyridine rings is 1. The van der Waals surface area contributed by atoms with E-state index in [1.807, 2.05) is 24.3 Å². The second-order valence-corrected chi connectivity index (χ2v) is 5.78. The molecular formula is C13H10BrF3N2S. The minimum atomic E-state index is -4.39. The van der Waals surface area contributed by atoms with E-state index in [4.69, 9.17) is 0 Å². The van der Waals surface area contributed by atoms with Crippen LogP contribution >= 0.6 is 27.7 Å². The SMILES string of the molecule is CNc1cc(C(F)(F)F)cc(Sc2ccccc2Br)n1. The highest BCUT2D eigenvalue weighted by molar-refractivity contribution is 9.10. The van der Waals surface area contributed by atoms with Gasteiger partial charge in [0.2, 0.25) is 0 Å². The summed E-state index contributed by atoms with van der Waals surface area (Å²) in [6.07, 6.45) is -4.39. The first-order valence-corrected chi connectivity index (χ1v) is 7.20. The number of hydrogen-bond donors (Lipinski definition) is 1. The van der Waals surface area contributed by atoms with Crippen LogP contribution in [0.25, 0.3) is 0 Å². The van der Waals surface area contributed by atoms with Crippen molar-refractivity contribution < 1.29 is 13.2 Å². The fourth-order valence-corrected chi connectivity index (χ4v) is 2.88. The third-order valence-corrected chi connectivity index (χ3v) is 4.38.